The molecule has 0 aliphatic rings. The van der Waals surface area contributed by atoms with E-state index in [-0.39, 0.29) is 5.69 Å². The molecule has 0 bridgehead atoms. The van der Waals surface area contributed by atoms with Crippen LogP contribution in [0.4, 0.5) is 4.39 Å². The first-order chi connectivity index (χ1) is 7.09. The fraction of sp³-hybridized carbons (Fsp3) is 0.125. The van der Waals surface area contributed by atoms with Gasteiger partial charge in [0.15, 0.2) is 5.82 Å². The van der Waals surface area contributed by atoms with Crippen LogP contribution in [0.15, 0.2) is 16.9 Å². The first kappa shape index (κ1) is 9.85. The Morgan fingerprint density at radius 2 is 2.27 bits per heavy atom. The Labute approximate surface area is 88.5 Å². The van der Waals surface area contributed by atoms with Crippen LogP contribution in [-0.2, 0) is 0 Å². The zero-order chi connectivity index (χ0) is 11.0. The van der Waals surface area contributed by atoms with Gasteiger partial charge in [0.1, 0.15) is 5.69 Å². The molecule has 15 heavy (non-hydrogen) atoms. The van der Waals surface area contributed by atoms with E-state index in [1.807, 2.05) is 0 Å². The molecule has 1 aromatic heterocycles. The summed E-state index contributed by atoms with van der Waals surface area (Å²) >= 11 is 5.72. The van der Waals surface area contributed by atoms with Crippen LogP contribution in [0, 0.1) is 12.7 Å². The number of hydrogen-bond donors (Lipinski definition) is 1. The van der Waals surface area contributed by atoms with Gasteiger partial charge in [-0.25, -0.2) is 14.3 Å². The van der Waals surface area contributed by atoms with Crippen LogP contribution < -0.4 is 5.69 Å². The summed E-state index contributed by atoms with van der Waals surface area (Å²) in [5.41, 5.74) is 0.0780. The van der Waals surface area contributed by atoms with Crippen molar-refractivity contribution < 1.29 is 4.39 Å². The van der Waals surface area contributed by atoms with Crippen LogP contribution in [0.2, 0.25) is 5.02 Å². The van der Waals surface area contributed by atoms with Gasteiger partial charge in [-0.2, -0.15) is 4.68 Å². The smallest absolute Gasteiger partial charge is 0.244 e. The van der Waals surface area contributed by atoms with Crippen LogP contribution in [0.5, 0.6) is 0 Å². The van der Waals surface area contributed by atoms with Gasteiger partial charge in [0.05, 0.1) is 0 Å². The second kappa shape index (κ2) is 3.47. The molecule has 0 aliphatic carbocycles. The fourth-order valence-corrected chi connectivity index (χ4v) is 1.31. The predicted octanol–water partition coefficient (Wildman–Crippen LogP) is 1.06. The van der Waals surface area contributed by atoms with Gasteiger partial charge in [-0.05, 0) is 35.0 Å². The zero-order valence-corrected chi connectivity index (χ0v) is 8.42. The summed E-state index contributed by atoms with van der Waals surface area (Å²) in [6, 6.07) is 2.56. The van der Waals surface area contributed by atoms with Gasteiger partial charge in [-0.15, -0.1) is 0 Å². The summed E-state index contributed by atoms with van der Waals surface area (Å²) in [6.45, 7) is 1.70. The molecule has 0 saturated heterocycles. The molecule has 7 heteroatoms. The molecule has 1 heterocycles. The van der Waals surface area contributed by atoms with E-state index < -0.39 is 11.5 Å². The average Bonchev–Trinajstić information content (AvgIpc) is 2.58. The van der Waals surface area contributed by atoms with Crippen LogP contribution in [0.1, 0.15) is 5.56 Å². The minimum Gasteiger partial charge on any atom is -0.244 e. The molecule has 0 radical (unpaired) electrons. The summed E-state index contributed by atoms with van der Waals surface area (Å²) in [5, 5.41) is 9.07. The first-order valence-corrected chi connectivity index (χ1v) is 4.44. The van der Waals surface area contributed by atoms with Crippen molar-refractivity contribution in [2.75, 3.05) is 0 Å². The maximum Gasteiger partial charge on any atom is 0.365 e. The van der Waals surface area contributed by atoms with Crippen LogP contribution >= 0.6 is 11.6 Å². The predicted molar refractivity (Wildman–Crippen MR) is 51.7 cm³/mol. The van der Waals surface area contributed by atoms with Gasteiger partial charge < -0.3 is 0 Å². The molecule has 1 aromatic carbocycles. The largest absolute Gasteiger partial charge is 0.365 e. The maximum absolute atomic E-state index is 13.4. The maximum atomic E-state index is 13.4. The Morgan fingerprint density at radius 3 is 2.87 bits per heavy atom. The fourth-order valence-electron chi connectivity index (χ4n) is 1.16. The van der Waals surface area contributed by atoms with Gasteiger partial charge in [0.2, 0.25) is 0 Å². The molecule has 78 valence electrons. The van der Waals surface area contributed by atoms with Gasteiger partial charge in [0, 0.05) is 5.02 Å². The highest BCUT2D eigenvalue weighted by atomic mass is 35.5. The molecule has 0 atom stereocenters. The number of H-pyrrole nitrogens is 1. The number of aromatic nitrogens is 4. The lowest BCUT2D eigenvalue weighted by Crippen LogP contribution is -2.17. The van der Waals surface area contributed by atoms with E-state index in [1.165, 1.54) is 6.07 Å². The van der Waals surface area contributed by atoms with E-state index in [1.54, 1.807) is 6.92 Å². The second-order valence-electron chi connectivity index (χ2n) is 2.97. The number of tetrazole rings is 1. The van der Waals surface area contributed by atoms with Gasteiger partial charge in [-0.3, -0.25) is 0 Å². The summed E-state index contributed by atoms with van der Waals surface area (Å²) < 4.78 is 14.3. The third kappa shape index (κ3) is 1.63. The summed E-state index contributed by atoms with van der Waals surface area (Å²) in [4.78, 5) is 11.2. The molecular weight excluding hydrogens is 223 g/mol. The lowest BCUT2D eigenvalue weighted by Gasteiger charge is -2.03. The van der Waals surface area contributed by atoms with E-state index in [2.05, 4.69) is 15.5 Å². The van der Waals surface area contributed by atoms with Gasteiger partial charge in [0.25, 0.3) is 0 Å². The molecule has 5 nitrogen and oxygen atoms in total. The Hall–Kier alpha value is -1.69. The Kier molecular flexibility index (Phi) is 2.28. The SMILES string of the molecule is Cc1cc(-n2nn[nH]c2=O)c(F)cc1Cl. The number of benzene rings is 1. The molecule has 0 saturated carbocycles. The lowest BCUT2D eigenvalue weighted by molar-refractivity contribution is 0.604. The number of nitrogens with one attached hydrogen (secondary N) is 1. The topological polar surface area (TPSA) is 63.6 Å². The first-order valence-electron chi connectivity index (χ1n) is 4.06. The highest BCUT2D eigenvalue weighted by Crippen LogP contribution is 2.21. The quantitative estimate of drug-likeness (QED) is 0.794. The number of rotatable bonds is 1. The van der Waals surface area contributed by atoms with Crippen molar-refractivity contribution in [2.45, 2.75) is 6.92 Å². The number of aryl methyl sites for hydroxylation is 1. The molecule has 0 fully saturated rings. The molecule has 0 aliphatic heterocycles. The third-order valence-electron chi connectivity index (χ3n) is 1.93. The second-order valence-corrected chi connectivity index (χ2v) is 3.38. The molecule has 2 aromatic rings. The van der Waals surface area contributed by atoms with Crippen LogP contribution in [0.3, 0.4) is 0 Å². The zero-order valence-electron chi connectivity index (χ0n) is 7.66. The van der Waals surface area contributed by atoms with Crippen LogP contribution in [0.25, 0.3) is 5.69 Å². The highest BCUT2D eigenvalue weighted by molar-refractivity contribution is 6.31. The van der Waals surface area contributed by atoms with E-state index in [4.69, 9.17) is 11.6 Å². The average molecular weight is 229 g/mol. The number of halogens is 2. The lowest BCUT2D eigenvalue weighted by atomic mass is 10.2. The van der Waals surface area contributed by atoms with E-state index in [9.17, 15) is 9.18 Å². The monoisotopic (exact) mass is 228 g/mol. The third-order valence-corrected chi connectivity index (χ3v) is 2.34. The highest BCUT2D eigenvalue weighted by Gasteiger charge is 2.11. The molecule has 2 rings (SSSR count). The van der Waals surface area contributed by atoms with Gasteiger partial charge >= 0.3 is 5.69 Å². The van der Waals surface area contributed by atoms with Crippen molar-refractivity contribution in [1.29, 1.82) is 0 Å². The molecular formula is C8H6ClFN4O. The van der Waals surface area contributed by atoms with Crippen molar-refractivity contribution in [3.05, 3.63) is 39.0 Å². The van der Waals surface area contributed by atoms with Gasteiger partial charge in [-0.1, -0.05) is 11.6 Å². The van der Waals surface area contributed by atoms with Crippen molar-refractivity contribution in [3.63, 3.8) is 0 Å². The van der Waals surface area contributed by atoms with E-state index in [0.29, 0.717) is 10.6 Å². The molecule has 0 amide bonds. The normalized spacial score (nSPS) is 10.6. The minimum atomic E-state index is -0.624. The Bertz CT molecular complexity index is 562. The molecule has 0 spiro atoms. The van der Waals surface area contributed by atoms with Crippen molar-refractivity contribution in [1.82, 2.24) is 20.2 Å². The molecule has 0 unspecified atom stereocenters. The summed E-state index contributed by atoms with van der Waals surface area (Å²) in [6.07, 6.45) is 0. The van der Waals surface area contributed by atoms with Crippen molar-refractivity contribution in [2.24, 2.45) is 0 Å². The van der Waals surface area contributed by atoms with E-state index in [0.717, 1.165) is 10.7 Å². The van der Waals surface area contributed by atoms with Crippen molar-refractivity contribution >= 4 is 11.6 Å². The van der Waals surface area contributed by atoms with Crippen molar-refractivity contribution in [3.8, 4) is 5.69 Å². The Morgan fingerprint density at radius 1 is 1.53 bits per heavy atom. The number of hydrogen-bond acceptors (Lipinski definition) is 3. The Balaban J connectivity index is 2.69. The standard InChI is InChI=1S/C8H6ClFN4O/c1-4-2-7(6(10)3-5(4)9)14-8(15)11-12-13-14/h2-3H,1H3,(H,11,13,15). The minimum absolute atomic E-state index is 0.0238. The molecule has 1 N–H and O–H groups in total. The van der Waals surface area contributed by atoms with E-state index >= 15 is 0 Å². The summed E-state index contributed by atoms with van der Waals surface area (Å²) in [7, 11) is 0. The summed E-state index contributed by atoms with van der Waals surface area (Å²) in [5.74, 6) is -0.624. The number of aromatic amines is 1. The number of nitrogens with zero attached hydrogens (tertiary/aromatic N) is 3. The van der Waals surface area contributed by atoms with Crippen LogP contribution in [-0.4, -0.2) is 20.2 Å².